The molecule has 0 aromatic carbocycles. The molecule has 0 saturated carbocycles. The third-order valence-electron chi connectivity index (χ3n) is 3.47. The Morgan fingerprint density at radius 2 is 1.55 bits per heavy atom. The van der Waals surface area contributed by atoms with Crippen LogP contribution >= 0.6 is 0 Å². The number of amides is 2. The fraction of sp³-hybridized carbons (Fsp3) is 0.812. The van der Waals surface area contributed by atoms with Crippen LogP contribution in [0.2, 0.25) is 0 Å². The van der Waals surface area contributed by atoms with Crippen LogP contribution in [0.1, 0.15) is 71.6 Å². The molecule has 22 heavy (non-hydrogen) atoms. The van der Waals surface area contributed by atoms with Crippen LogP contribution in [-0.2, 0) is 14.4 Å². The number of carboxylic acids is 1. The predicted molar refractivity (Wildman–Crippen MR) is 85.2 cm³/mol. The van der Waals surface area contributed by atoms with Gasteiger partial charge in [-0.1, -0.05) is 52.4 Å². The molecule has 0 heterocycles. The lowest BCUT2D eigenvalue weighted by Crippen LogP contribution is -2.43. The first-order valence-corrected chi connectivity index (χ1v) is 8.13. The van der Waals surface area contributed by atoms with E-state index in [-0.39, 0.29) is 18.7 Å². The number of carbonyl (C=O) groups excluding carboxylic acids is 2. The lowest BCUT2D eigenvalue weighted by atomic mass is 10.0. The molecule has 0 unspecified atom stereocenters. The predicted octanol–water partition coefficient (Wildman–Crippen LogP) is 2.21. The highest BCUT2D eigenvalue weighted by atomic mass is 16.4. The molecule has 0 aromatic heterocycles. The molecule has 0 aliphatic rings. The number of hydrogen-bond acceptors (Lipinski definition) is 3. The van der Waals surface area contributed by atoms with Crippen molar-refractivity contribution in [2.75, 3.05) is 0 Å². The summed E-state index contributed by atoms with van der Waals surface area (Å²) >= 11 is 0. The Morgan fingerprint density at radius 1 is 1.00 bits per heavy atom. The average molecular weight is 314 g/mol. The van der Waals surface area contributed by atoms with Crippen LogP contribution in [0.15, 0.2) is 0 Å². The second kappa shape index (κ2) is 12.0. The fourth-order valence-electron chi connectivity index (χ4n) is 2.21. The molecule has 2 amide bonds. The fourth-order valence-corrected chi connectivity index (χ4v) is 2.21. The molecule has 0 radical (unpaired) electrons. The van der Waals surface area contributed by atoms with Gasteiger partial charge >= 0.3 is 5.97 Å². The van der Waals surface area contributed by atoms with Gasteiger partial charge in [-0.2, -0.15) is 0 Å². The average Bonchev–Trinajstić information content (AvgIpc) is 2.40. The number of hydrogen-bond donors (Lipinski definition) is 3. The van der Waals surface area contributed by atoms with Gasteiger partial charge in [-0.05, 0) is 12.3 Å². The maximum Gasteiger partial charge on any atom is 0.326 e. The van der Waals surface area contributed by atoms with E-state index in [2.05, 4.69) is 19.2 Å². The van der Waals surface area contributed by atoms with E-state index in [4.69, 9.17) is 10.8 Å². The van der Waals surface area contributed by atoms with E-state index in [1.807, 2.05) is 0 Å². The normalized spacial score (nSPS) is 12.1. The SMILES string of the molecule is CC(C)CCCCCCCCC(=O)N[C@@H](CC(N)=O)C(=O)O. The van der Waals surface area contributed by atoms with Crippen molar-refractivity contribution in [3.05, 3.63) is 0 Å². The molecule has 6 nitrogen and oxygen atoms in total. The van der Waals surface area contributed by atoms with Crippen molar-refractivity contribution < 1.29 is 19.5 Å². The number of nitrogens with two attached hydrogens (primary N) is 1. The summed E-state index contributed by atoms with van der Waals surface area (Å²) in [5.74, 6) is -1.56. The number of unbranched alkanes of at least 4 members (excludes halogenated alkanes) is 5. The number of nitrogens with one attached hydrogen (secondary N) is 1. The molecule has 6 heteroatoms. The molecule has 0 spiro atoms. The van der Waals surface area contributed by atoms with Crippen LogP contribution in [0.5, 0.6) is 0 Å². The van der Waals surface area contributed by atoms with E-state index < -0.39 is 17.9 Å². The molecule has 128 valence electrons. The number of primary amides is 1. The number of rotatable bonds is 13. The molecule has 0 aliphatic carbocycles. The minimum Gasteiger partial charge on any atom is -0.480 e. The van der Waals surface area contributed by atoms with Gasteiger partial charge in [0.15, 0.2) is 0 Å². The Morgan fingerprint density at radius 3 is 2.05 bits per heavy atom. The summed E-state index contributed by atoms with van der Waals surface area (Å²) in [5, 5.41) is 11.2. The van der Waals surface area contributed by atoms with Crippen LogP contribution < -0.4 is 11.1 Å². The molecular formula is C16H30N2O4. The van der Waals surface area contributed by atoms with E-state index in [0.717, 1.165) is 25.2 Å². The topological polar surface area (TPSA) is 109 Å². The van der Waals surface area contributed by atoms with Gasteiger partial charge in [0.05, 0.1) is 6.42 Å². The highest BCUT2D eigenvalue weighted by Crippen LogP contribution is 2.12. The number of carbonyl (C=O) groups is 3. The van der Waals surface area contributed by atoms with Gasteiger partial charge < -0.3 is 16.2 Å². The monoisotopic (exact) mass is 314 g/mol. The summed E-state index contributed by atoms with van der Waals surface area (Å²) < 4.78 is 0. The Hall–Kier alpha value is -1.59. The molecular weight excluding hydrogens is 284 g/mol. The first kappa shape index (κ1) is 20.4. The maximum absolute atomic E-state index is 11.6. The minimum atomic E-state index is -1.24. The lowest BCUT2D eigenvalue weighted by molar-refractivity contribution is -0.143. The summed E-state index contributed by atoms with van der Waals surface area (Å²) in [4.78, 5) is 33.2. The van der Waals surface area contributed by atoms with E-state index in [0.29, 0.717) is 0 Å². The van der Waals surface area contributed by atoms with Crippen LogP contribution in [0, 0.1) is 5.92 Å². The number of carboxylic acid groups (broad SMARTS) is 1. The van der Waals surface area contributed by atoms with Gasteiger partial charge in [0.2, 0.25) is 11.8 Å². The van der Waals surface area contributed by atoms with Crippen molar-refractivity contribution in [2.24, 2.45) is 11.7 Å². The van der Waals surface area contributed by atoms with Crippen LogP contribution in [0.3, 0.4) is 0 Å². The Kier molecular flexibility index (Phi) is 11.1. The second-order valence-corrected chi connectivity index (χ2v) is 6.18. The smallest absolute Gasteiger partial charge is 0.326 e. The Labute approximate surface area is 132 Å². The van der Waals surface area contributed by atoms with Crippen molar-refractivity contribution in [1.82, 2.24) is 5.32 Å². The third kappa shape index (κ3) is 12.2. The third-order valence-corrected chi connectivity index (χ3v) is 3.47. The van der Waals surface area contributed by atoms with Gasteiger partial charge in [-0.15, -0.1) is 0 Å². The highest BCUT2D eigenvalue weighted by Gasteiger charge is 2.21. The van der Waals surface area contributed by atoms with Crippen LogP contribution in [-0.4, -0.2) is 28.9 Å². The molecule has 0 saturated heterocycles. The van der Waals surface area contributed by atoms with E-state index in [1.165, 1.54) is 25.7 Å². The summed E-state index contributed by atoms with van der Waals surface area (Å²) in [6.45, 7) is 4.45. The highest BCUT2D eigenvalue weighted by molar-refractivity contribution is 5.88. The van der Waals surface area contributed by atoms with Gasteiger partial charge in [0.1, 0.15) is 6.04 Å². The Balaban J connectivity index is 3.67. The second-order valence-electron chi connectivity index (χ2n) is 6.18. The number of aliphatic carboxylic acids is 1. The summed E-state index contributed by atoms with van der Waals surface area (Å²) in [6, 6.07) is -1.22. The zero-order valence-electron chi connectivity index (χ0n) is 13.8. The molecule has 4 N–H and O–H groups in total. The van der Waals surface area contributed by atoms with Crippen LogP contribution in [0.4, 0.5) is 0 Å². The summed E-state index contributed by atoms with van der Waals surface area (Å²) in [7, 11) is 0. The summed E-state index contributed by atoms with van der Waals surface area (Å²) in [6.07, 6.45) is 7.62. The quantitative estimate of drug-likeness (QED) is 0.453. The molecule has 0 aromatic rings. The standard InChI is InChI=1S/C16H30N2O4/c1-12(2)9-7-5-3-4-6-8-10-15(20)18-13(16(21)22)11-14(17)19/h12-13H,3-11H2,1-2H3,(H2,17,19)(H,18,20)(H,21,22)/t13-/m0/s1. The van der Waals surface area contributed by atoms with Gasteiger partial charge in [-0.25, -0.2) is 4.79 Å². The van der Waals surface area contributed by atoms with Crippen molar-refractivity contribution in [2.45, 2.75) is 77.7 Å². The molecule has 0 fully saturated rings. The van der Waals surface area contributed by atoms with Gasteiger partial charge in [0.25, 0.3) is 0 Å². The molecule has 0 rings (SSSR count). The van der Waals surface area contributed by atoms with Gasteiger partial charge in [-0.3, -0.25) is 9.59 Å². The molecule has 1 atom stereocenters. The largest absolute Gasteiger partial charge is 0.480 e. The van der Waals surface area contributed by atoms with Crippen molar-refractivity contribution in [1.29, 1.82) is 0 Å². The maximum atomic E-state index is 11.6. The van der Waals surface area contributed by atoms with Crippen molar-refractivity contribution in [3.8, 4) is 0 Å². The molecule has 0 bridgehead atoms. The summed E-state index contributed by atoms with van der Waals surface area (Å²) in [5.41, 5.74) is 4.95. The van der Waals surface area contributed by atoms with E-state index >= 15 is 0 Å². The van der Waals surface area contributed by atoms with Crippen LogP contribution in [0.25, 0.3) is 0 Å². The zero-order valence-corrected chi connectivity index (χ0v) is 13.8. The minimum absolute atomic E-state index is 0.286. The lowest BCUT2D eigenvalue weighted by Gasteiger charge is -2.12. The zero-order chi connectivity index (χ0) is 17.0. The molecule has 0 aliphatic heterocycles. The van der Waals surface area contributed by atoms with E-state index in [1.54, 1.807) is 0 Å². The van der Waals surface area contributed by atoms with Crippen molar-refractivity contribution in [3.63, 3.8) is 0 Å². The first-order valence-electron chi connectivity index (χ1n) is 8.13. The van der Waals surface area contributed by atoms with Crippen molar-refractivity contribution >= 4 is 17.8 Å². The Bertz CT molecular complexity index is 356. The van der Waals surface area contributed by atoms with Gasteiger partial charge in [0, 0.05) is 6.42 Å². The first-order chi connectivity index (χ1) is 10.3. The van der Waals surface area contributed by atoms with E-state index in [9.17, 15) is 14.4 Å².